The fourth-order valence-corrected chi connectivity index (χ4v) is 1.92. The van der Waals surface area contributed by atoms with Crippen molar-refractivity contribution in [3.05, 3.63) is 53.1 Å². The van der Waals surface area contributed by atoms with Gasteiger partial charge in [0.1, 0.15) is 5.82 Å². The van der Waals surface area contributed by atoms with E-state index in [2.05, 4.69) is 22.1 Å². The third-order valence-corrected chi connectivity index (χ3v) is 3.07. The van der Waals surface area contributed by atoms with Crippen LogP contribution in [0, 0.1) is 18.8 Å². The molecule has 5 heteroatoms. The van der Waals surface area contributed by atoms with E-state index in [0.29, 0.717) is 17.7 Å². The van der Waals surface area contributed by atoms with Crippen molar-refractivity contribution in [3.63, 3.8) is 0 Å². The number of benzene rings is 1. The number of nitrogens with zero attached hydrogens (tertiary/aromatic N) is 2. The summed E-state index contributed by atoms with van der Waals surface area (Å²) in [5, 5.41) is 2.86. The van der Waals surface area contributed by atoms with Gasteiger partial charge in [-0.1, -0.05) is 23.5 Å². The minimum absolute atomic E-state index is 0.164. The zero-order valence-electron chi connectivity index (χ0n) is 12.2. The summed E-state index contributed by atoms with van der Waals surface area (Å²) in [6, 6.07) is 5.60. The van der Waals surface area contributed by atoms with Crippen LogP contribution in [0.25, 0.3) is 0 Å². The number of carbonyl (C=O) groups excluding carboxylic acids is 1. The average Bonchev–Trinajstić information content (AvgIpc) is 2.88. The molecule has 0 bridgehead atoms. The fraction of sp³-hybridized carbons (Fsp3) is 0.250. The van der Waals surface area contributed by atoms with E-state index in [1.807, 2.05) is 42.9 Å². The number of hydrogen-bond acceptors (Lipinski definition) is 3. The maximum atomic E-state index is 12.3. The van der Waals surface area contributed by atoms with Crippen LogP contribution in [-0.2, 0) is 13.6 Å². The van der Waals surface area contributed by atoms with Crippen LogP contribution in [0.5, 0.6) is 0 Å². The van der Waals surface area contributed by atoms with E-state index < -0.39 is 0 Å². The Kier molecular flexibility index (Phi) is 4.75. The van der Waals surface area contributed by atoms with Crippen molar-refractivity contribution in [2.75, 3.05) is 6.54 Å². The zero-order chi connectivity index (χ0) is 15.2. The van der Waals surface area contributed by atoms with Crippen molar-refractivity contribution >= 4 is 5.91 Å². The largest absolute Gasteiger partial charge is 0.345 e. The fourth-order valence-electron chi connectivity index (χ4n) is 1.92. The van der Waals surface area contributed by atoms with Crippen LogP contribution in [-0.4, -0.2) is 22.0 Å². The lowest BCUT2D eigenvalue weighted by atomic mass is 10.0. The summed E-state index contributed by atoms with van der Waals surface area (Å²) in [5.74, 6) is 6.34. The van der Waals surface area contributed by atoms with E-state index in [9.17, 15) is 4.79 Å². The highest BCUT2D eigenvalue weighted by Crippen LogP contribution is 2.11. The number of nitrogens with one attached hydrogen (secondary N) is 1. The van der Waals surface area contributed by atoms with Gasteiger partial charge in [0.25, 0.3) is 5.91 Å². The van der Waals surface area contributed by atoms with Crippen molar-refractivity contribution in [1.29, 1.82) is 0 Å². The molecule has 0 atom stereocenters. The Morgan fingerprint density at radius 2 is 2.29 bits per heavy atom. The second-order valence-corrected chi connectivity index (χ2v) is 4.69. The molecule has 1 amide bonds. The first-order valence-corrected chi connectivity index (χ1v) is 6.66. The summed E-state index contributed by atoms with van der Waals surface area (Å²) < 4.78 is 1.87. The summed E-state index contributed by atoms with van der Waals surface area (Å²) >= 11 is 0. The van der Waals surface area contributed by atoms with Crippen molar-refractivity contribution in [2.24, 2.45) is 12.8 Å². The van der Waals surface area contributed by atoms with Crippen LogP contribution in [0.1, 0.15) is 27.3 Å². The monoisotopic (exact) mass is 282 g/mol. The van der Waals surface area contributed by atoms with E-state index in [0.717, 1.165) is 11.4 Å². The van der Waals surface area contributed by atoms with E-state index in [1.165, 1.54) is 0 Å². The molecule has 5 nitrogen and oxygen atoms in total. The molecular formula is C16H18N4O. The number of rotatable bonds is 3. The number of aryl methyl sites for hydroxylation is 2. The van der Waals surface area contributed by atoms with Gasteiger partial charge in [-0.25, -0.2) is 4.98 Å². The topological polar surface area (TPSA) is 72.9 Å². The SMILES string of the molecule is Cc1ccc(C#CCN)c(C(=O)NCc2nccn2C)c1. The third-order valence-electron chi connectivity index (χ3n) is 3.07. The van der Waals surface area contributed by atoms with Gasteiger partial charge >= 0.3 is 0 Å². The summed E-state index contributed by atoms with van der Waals surface area (Å²) in [6.07, 6.45) is 3.54. The molecule has 1 aromatic carbocycles. The number of hydrogen-bond donors (Lipinski definition) is 2. The first-order chi connectivity index (χ1) is 10.1. The van der Waals surface area contributed by atoms with Crippen LogP contribution < -0.4 is 11.1 Å². The third kappa shape index (κ3) is 3.71. The molecule has 0 aliphatic carbocycles. The molecule has 1 heterocycles. The average molecular weight is 282 g/mol. The molecule has 0 spiro atoms. The molecule has 2 aromatic rings. The minimum atomic E-state index is -0.164. The highest BCUT2D eigenvalue weighted by molar-refractivity contribution is 5.96. The van der Waals surface area contributed by atoms with Crippen LogP contribution in [0.2, 0.25) is 0 Å². The standard InChI is InChI=1S/C16H18N4O/c1-12-5-6-13(4-3-7-17)14(10-12)16(21)19-11-15-18-8-9-20(15)2/h5-6,8-10H,7,11,17H2,1-2H3,(H,19,21). The summed E-state index contributed by atoms with van der Waals surface area (Å²) in [6.45, 7) is 2.58. The number of amides is 1. The molecule has 0 fully saturated rings. The molecule has 0 aliphatic heterocycles. The molecule has 3 N–H and O–H groups in total. The lowest BCUT2D eigenvalue weighted by molar-refractivity contribution is 0.0949. The van der Waals surface area contributed by atoms with Crippen molar-refractivity contribution in [2.45, 2.75) is 13.5 Å². The Bertz CT molecular complexity index is 707. The van der Waals surface area contributed by atoms with Crippen LogP contribution in [0.4, 0.5) is 0 Å². The van der Waals surface area contributed by atoms with Gasteiger partial charge in [0.15, 0.2) is 0 Å². The molecule has 1 aromatic heterocycles. The van der Waals surface area contributed by atoms with E-state index in [-0.39, 0.29) is 12.5 Å². The van der Waals surface area contributed by atoms with Gasteiger partial charge in [0, 0.05) is 25.0 Å². The molecule has 21 heavy (non-hydrogen) atoms. The van der Waals surface area contributed by atoms with Crippen LogP contribution in [0.3, 0.4) is 0 Å². The van der Waals surface area contributed by atoms with Gasteiger partial charge < -0.3 is 15.6 Å². The van der Waals surface area contributed by atoms with Gasteiger partial charge in [0.2, 0.25) is 0 Å². The Morgan fingerprint density at radius 1 is 1.48 bits per heavy atom. The van der Waals surface area contributed by atoms with Crippen molar-refractivity contribution in [1.82, 2.24) is 14.9 Å². The predicted octanol–water partition coefficient (Wildman–Crippen LogP) is 0.969. The summed E-state index contributed by atoms with van der Waals surface area (Å²) in [7, 11) is 1.89. The summed E-state index contributed by atoms with van der Waals surface area (Å²) in [4.78, 5) is 16.5. The molecule has 2 rings (SSSR count). The van der Waals surface area contributed by atoms with Gasteiger partial charge in [-0.05, 0) is 19.1 Å². The van der Waals surface area contributed by atoms with E-state index in [1.54, 1.807) is 6.20 Å². The molecule has 0 saturated carbocycles. The summed E-state index contributed by atoms with van der Waals surface area (Å²) in [5.41, 5.74) is 7.64. The molecular weight excluding hydrogens is 264 g/mol. The second kappa shape index (κ2) is 6.73. The Balaban J connectivity index is 2.18. The second-order valence-electron chi connectivity index (χ2n) is 4.69. The van der Waals surface area contributed by atoms with Gasteiger partial charge in [0.05, 0.1) is 18.7 Å². The minimum Gasteiger partial charge on any atom is -0.345 e. The van der Waals surface area contributed by atoms with Crippen LogP contribution >= 0.6 is 0 Å². The zero-order valence-corrected chi connectivity index (χ0v) is 12.2. The molecule has 0 unspecified atom stereocenters. The number of imidazole rings is 1. The normalized spacial score (nSPS) is 9.86. The molecule has 0 saturated heterocycles. The quantitative estimate of drug-likeness (QED) is 0.824. The molecule has 0 radical (unpaired) electrons. The van der Waals surface area contributed by atoms with Gasteiger partial charge in [-0.3, -0.25) is 4.79 Å². The van der Waals surface area contributed by atoms with Crippen molar-refractivity contribution < 1.29 is 4.79 Å². The van der Waals surface area contributed by atoms with E-state index in [4.69, 9.17) is 5.73 Å². The smallest absolute Gasteiger partial charge is 0.252 e. The Hall–Kier alpha value is -2.58. The maximum absolute atomic E-state index is 12.3. The van der Waals surface area contributed by atoms with Gasteiger partial charge in [-0.15, -0.1) is 0 Å². The lowest BCUT2D eigenvalue weighted by Gasteiger charge is -2.08. The Morgan fingerprint density at radius 3 is 2.95 bits per heavy atom. The highest BCUT2D eigenvalue weighted by atomic mass is 16.1. The molecule has 108 valence electrons. The first-order valence-electron chi connectivity index (χ1n) is 6.66. The van der Waals surface area contributed by atoms with Crippen LogP contribution in [0.15, 0.2) is 30.6 Å². The van der Waals surface area contributed by atoms with Gasteiger partial charge in [-0.2, -0.15) is 0 Å². The number of aromatic nitrogens is 2. The van der Waals surface area contributed by atoms with Crippen molar-refractivity contribution in [3.8, 4) is 11.8 Å². The lowest BCUT2D eigenvalue weighted by Crippen LogP contribution is -2.25. The maximum Gasteiger partial charge on any atom is 0.252 e. The Labute approximate surface area is 124 Å². The first kappa shape index (κ1) is 14.8. The highest BCUT2D eigenvalue weighted by Gasteiger charge is 2.11. The molecule has 0 aliphatic rings. The predicted molar refractivity (Wildman–Crippen MR) is 81.5 cm³/mol. The number of nitrogens with two attached hydrogens (primary N) is 1. The number of carbonyl (C=O) groups is 1. The van der Waals surface area contributed by atoms with E-state index >= 15 is 0 Å².